The molecule has 0 unspecified atom stereocenters. The van der Waals surface area contributed by atoms with Crippen molar-refractivity contribution in [3.05, 3.63) is 41.6 Å². The van der Waals surface area contributed by atoms with Crippen LogP contribution in [0.4, 0.5) is 11.8 Å². The minimum absolute atomic E-state index is 0.190. The lowest BCUT2D eigenvalue weighted by atomic mass is 10.1. The van der Waals surface area contributed by atoms with Crippen LogP contribution in [-0.2, 0) is 11.2 Å². The molecule has 3 rings (SSSR count). The zero-order valence-corrected chi connectivity index (χ0v) is 15.0. The summed E-state index contributed by atoms with van der Waals surface area (Å²) in [6.45, 7) is 3.82. The van der Waals surface area contributed by atoms with Gasteiger partial charge >= 0.3 is 0 Å². The van der Waals surface area contributed by atoms with E-state index in [1.165, 1.54) is 6.42 Å². The highest BCUT2D eigenvalue weighted by molar-refractivity contribution is 5.83. The number of aromatic nitrogens is 2. The molecule has 1 aliphatic rings. The average Bonchev–Trinajstić information content (AvgIpc) is 2.63. The molecule has 1 amide bonds. The fourth-order valence-electron chi connectivity index (χ4n) is 3.13. The Hall–Kier alpha value is -2.83. The molecule has 2 heterocycles. The number of rotatable bonds is 6. The number of nitrogens with two attached hydrogens (primary N) is 1. The molecule has 2 aromatic rings. The average molecular weight is 355 g/mol. The number of phenols is 1. The Balaban J connectivity index is 1.76. The van der Waals surface area contributed by atoms with Gasteiger partial charge in [0.1, 0.15) is 17.6 Å². The highest BCUT2D eigenvalue weighted by Gasteiger charge is 2.19. The molecule has 1 aliphatic heterocycles. The van der Waals surface area contributed by atoms with Gasteiger partial charge in [-0.1, -0.05) is 12.1 Å². The second-order valence-electron chi connectivity index (χ2n) is 6.71. The normalized spacial score (nSPS) is 15.5. The largest absolute Gasteiger partial charge is 0.508 e. The Morgan fingerprint density at radius 2 is 1.92 bits per heavy atom. The van der Waals surface area contributed by atoms with Gasteiger partial charge in [0.25, 0.3) is 0 Å². The second kappa shape index (κ2) is 8.03. The Kier molecular flexibility index (Phi) is 5.55. The van der Waals surface area contributed by atoms with Gasteiger partial charge in [-0.2, -0.15) is 4.98 Å². The molecule has 1 saturated heterocycles. The molecule has 1 atom stereocenters. The number of piperidine rings is 1. The minimum Gasteiger partial charge on any atom is -0.508 e. The smallest absolute Gasteiger partial charge is 0.240 e. The summed E-state index contributed by atoms with van der Waals surface area (Å²) < 4.78 is 0. The molecule has 0 saturated carbocycles. The van der Waals surface area contributed by atoms with E-state index < -0.39 is 11.9 Å². The van der Waals surface area contributed by atoms with E-state index in [2.05, 4.69) is 20.2 Å². The van der Waals surface area contributed by atoms with Crippen LogP contribution in [0.5, 0.6) is 5.75 Å². The monoisotopic (exact) mass is 355 g/mol. The SMILES string of the molecule is Cc1cc(N[C@@H](Cc2ccc(O)cc2)C(N)=O)nc(N2CCCCC2)n1. The predicted octanol–water partition coefficient (Wildman–Crippen LogP) is 1.99. The molecule has 0 radical (unpaired) electrons. The van der Waals surface area contributed by atoms with Crippen molar-refractivity contribution in [1.29, 1.82) is 0 Å². The molecule has 1 fully saturated rings. The van der Waals surface area contributed by atoms with E-state index >= 15 is 0 Å². The van der Waals surface area contributed by atoms with E-state index in [0.29, 0.717) is 18.2 Å². The van der Waals surface area contributed by atoms with Gasteiger partial charge < -0.3 is 21.1 Å². The summed E-state index contributed by atoms with van der Waals surface area (Å²) in [5.74, 6) is 1.03. The summed E-state index contributed by atoms with van der Waals surface area (Å²) >= 11 is 0. The van der Waals surface area contributed by atoms with Crippen molar-refractivity contribution in [1.82, 2.24) is 9.97 Å². The van der Waals surface area contributed by atoms with Gasteiger partial charge in [0.05, 0.1) is 0 Å². The number of carbonyl (C=O) groups excluding carboxylic acids is 1. The summed E-state index contributed by atoms with van der Waals surface area (Å²) in [5, 5.41) is 12.5. The quantitative estimate of drug-likeness (QED) is 0.732. The number of nitrogens with one attached hydrogen (secondary N) is 1. The molecular weight excluding hydrogens is 330 g/mol. The summed E-state index contributed by atoms with van der Waals surface area (Å²) in [7, 11) is 0. The first kappa shape index (κ1) is 18.0. The van der Waals surface area contributed by atoms with Gasteiger partial charge in [-0.25, -0.2) is 4.98 Å². The fraction of sp³-hybridized carbons (Fsp3) is 0.421. The topological polar surface area (TPSA) is 104 Å². The standard InChI is InChI=1S/C19H25N5O2/c1-13-11-17(23-19(21-13)24-9-3-2-4-10-24)22-16(18(20)26)12-14-5-7-15(25)8-6-14/h5-8,11,16,25H,2-4,9-10,12H2,1H3,(H2,20,26)(H,21,22,23)/t16-/m0/s1. The number of phenolic OH excluding ortho intramolecular Hbond substituents is 1. The third kappa shape index (κ3) is 4.62. The van der Waals surface area contributed by atoms with E-state index in [-0.39, 0.29) is 5.75 Å². The van der Waals surface area contributed by atoms with Crippen LogP contribution in [0.1, 0.15) is 30.5 Å². The van der Waals surface area contributed by atoms with Crippen molar-refractivity contribution in [2.24, 2.45) is 5.73 Å². The van der Waals surface area contributed by atoms with Gasteiger partial charge in [-0.3, -0.25) is 4.79 Å². The maximum Gasteiger partial charge on any atom is 0.240 e. The van der Waals surface area contributed by atoms with E-state index in [9.17, 15) is 9.90 Å². The lowest BCUT2D eigenvalue weighted by Crippen LogP contribution is -2.38. The molecule has 4 N–H and O–H groups in total. The Bertz CT molecular complexity index is 757. The number of primary amides is 1. The van der Waals surface area contributed by atoms with Crippen LogP contribution in [-0.4, -0.2) is 40.1 Å². The van der Waals surface area contributed by atoms with E-state index in [1.807, 2.05) is 13.0 Å². The number of aromatic hydroxyl groups is 1. The Labute approximate surface area is 153 Å². The first-order chi connectivity index (χ1) is 12.5. The van der Waals surface area contributed by atoms with Gasteiger partial charge in [-0.05, 0) is 43.9 Å². The summed E-state index contributed by atoms with van der Waals surface area (Å²) in [4.78, 5) is 23.2. The van der Waals surface area contributed by atoms with Crippen molar-refractivity contribution < 1.29 is 9.90 Å². The van der Waals surface area contributed by atoms with Crippen LogP contribution in [0.2, 0.25) is 0 Å². The van der Waals surface area contributed by atoms with E-state index in [1.54, 1.807) is 24.3 Å². The van der Waals surface area contributed by atoms with Gasteiger partial charge in [0, 0.05) is 31.3 Å². The molecule has 0 spiro atoms. The third-order valence-corrected chi connectivity index (χ3v) is 4.52. The third-order valence-electron chi connectivity index (χ3n) is 4.52. The lowest BCUT2D eigenvalue weighted by Gasteiger charge is -2.27. The highest BCUT2D eigenvalue weighted by Crippen LogP contribution is 2.19. The van der Waals surface area contributed by atoms with Gasteiger partial charge in [0.15, 0.2) is 0 Å². The Morgan fingerprint density at radius 3 is 2.58 bits per heavy atom. The number of hydrogen-bond donors (Lipinski definition) is 3. The summed E-state index contributed by atoms with van der Waals surface area (Å²) in [5.41, 5.74) is 7.32. The molecule has 1 aromatic carbocycles. The highest BCUT2D eigenvalue weighted by atomic mass is 16.3. The van der Waals surface area contributed by atoms with E-state index in [0.717, 1.165) is 37.2 Å². The predicted molar refractivity (Wildman–Crippen MR) is 101 cm³/mol. The molecule has 7 heteroatoms. The zero-order valence-electron chi connectivity index (χ0n) is 15.0. The van der Waals surface area contributed by atoms with Crippen LogP contribution < -0.4 is 16.0 Å². The zero-order chi connectivity index (χ0) is 18.5. The molecule has 7 nitrogen and oxygen atoms in total. The molecule has 1 aromatic heterocycles. The first-order valence-corrected chi connectivity index (χ1v) is 8.95. The Morgan fingerprint density at radius 1 is 1.23 bits per heavy atom. The van der Waals surface area contributed by atoms with Crippen LogP contribution in [0.25, 0.3) is 0 Å². The lowest BCUT2D eigenvalue weighted by molar-refractivity contribution is -0.118. The number of nitrogens with zero attached hydrogens (tertiary/aromatic N) is 3. The van der Waals surface area contributed by atoms with Crippen LogP contribution in [0, 0.1) is 6.92 Å². The summed E-state index contributed by atoms with van der Waals surface area (Å²) in [6.07, 6.45) is 3.94. The first-order valence-electron chi connectivity index (χ1n) is 8.95. The fourth-order valence-corrected chi connectivity index (χ4v) is 3.13. The molecule has 26 heavy (non-hydrogen) atoms. The molecule has 138 valence electrons. The maximum absolute atomic E-state index is 11.9. The summed E-state index contributed by atoms with van der Waals surface area (Å²) in [6, 6.07) is 7.96. The molecule has 0 bridgehead atoms. The number of amides is 1. The van der Waals surface area contributed by atoms with Crippen molar-refractivity contribution >= 4 is 17.7 Å². The number of aryl methyl sites for hydroxylation is 1. The number of anilines is 2. The maximum atomic E-state index is 11.9. The van der Waals surface area contributed by atoms with Crippen LogP contribution in [0.3, 0.4) is 0 Å². The van der Waals surface area contributed by atoms with Crippen LogP contribution in [0.15, 0.2) is 30.3 Å². The van der Waals surface area contributed by atoms with Gasteiger partial charge in [-0.15, -0.1) is 0 Å². The van der Waals surface area contributed by atoms with Crippen molar-refractivity contribution in [2.75, 3.05) is 23.3 Å². The van der Waals surface area contributed by atoms with Gasteiger partial charge in [0.2, 0.25) is 11.9 Å². The van der Waals surface area contributed by atoms with Crippen molar-refractivity contribution in [2.45, 2.75) is 38.6 Å². The molecular formula is C19H25N5O2. The minimum atomic E-state index is -0.594. The van der Waals surface area contributed by atoms with Crippen molar-refractivity contribution in [3.8, 4) is 5.75 Å². The van der Waals surface area contributed by atoms with Crippen LogP contribution >= 0.6 is 0 Å². The van der Waals surface area contributed by atoms with Crippen molar-refractivity contribution in [3.63, 3.8) is 0 Å². The van der Waals surface area contributed by atoms with E-state index in [4.69, 9.17) is 5.73 Å². The number of hydrogen-bond acceptors (Lipinski definition) is 6. The number of benzene rings is 1. The molecule has 0 aliphatic carbocycles. The second-order valence-corrected chi connectivity index (χ2v) is 6.71. The number of carbonyl (C=O) groups is 1.